The lowest BCUT2D eigenvalue weighted by atomic mass is 9.99. The van der Waals surface area contributed by atoms with Gasteiger partial charge in [0.15, 0.2) is 0 Å². The minimum atomic E-state index is -4.65. The SMILES string of the molecule is O=C(c1nnc(-c2ccn(C(F)F)n2)o1)N1CCc2[nH]cnc2[C@H]1c1cc2cccc(C(F)(F)F)n2n1. The molecule has 0 spiro atoms. The zero-order valence-electron chi connectivity index (χ0n) is 18.4. The molecular weight excluding hydrogens is 505 g/mol. The van der Waals surface area contributed by atoms with Crippen molar-refractivity contribution in [1.29, 1.82) is 0 Å². The maximum absolute atomic E-state index is 13.6. The molecule has 11 nitrogen and oxygen atoms in total. The number of amides is 1. The Bertz CT molecular complexity index is 1620. The third-order valence-electron chi connectivity index (χ3n) is 5.90. The first-order chi connectivity index (χ1) is 17.7. The third kappa shape index (κ3) is 3.80. The number of hydrogen-bond acceptors (Lipinski definition) is 7. The summed E-state index contributed by atoms with van der Waals surface area (Å²) >= 11 is 0. The molecule has 5 aromatic heterocycles. The van der Waals surface area contributed by atoms with E-state index in [9.17, 15) is 26.7 Å². The molecule has 0 bridgehead atoms. The molecule has 0 saturated heterocycles. The normalized spacial score (nSPS) is 16.1. The zero-order chi connectivity index (χ0) is 25.9. The number of hydrogen-bond donors (Lipinski definition) is 1. The van der Waals surface area contributed by atoms with Crippen LogP contribution in [-0.4, -0.2) is 56.9 Å². The van der Waals surface area contributed by atoms with Crippen molar-refractivity contribution in [2.75, 3.05) is 6.54 Å². The van der Waals surface area contributed by atoms with Gasteiger partial charge in [0, 0.05) is 24.9 Å². The van der Waals surface area contributed by atoms with Crippen molar-refractivity contribution in [1.82, 2.24) is 44.5 Å². The van der Waals surface area contributed by atoms with Crippen LogP contribution in [0.1, 0.15) is 46.1 Å². The molecule has 0 fully saturated rings. The number of nitrogens with one attached hydrogen (secondary N) is 1. The summed E-state index contributed by atoms with van der Waals surface area (Å²) in [6.45, 7) is -2.74. The summed E-state index contributed by atoms with van der Waals surface area (Å²) in [6.07, 6.45) is -1.84. The maximum Gasteiger partial charge on any atom is 0.433 e. The minimum Gasteiger partial charge on any atom is -0.411 e. The van der Waals surface area contributed by atoms with Crippen molar-refractivity contribution >= 4 is 11.4 Å². The Labute approximate surface area is 202 Å². The van der Waals surface area contributed by atoms with Gasteiger partial charge in [-0.05, 0) is 24.3 Å². The summed E-state index contributed by atoms with van der Waals surface area (Å²) in [6, 6.07) is 5.35. The molecule has 6 rings (SSSR count). The molecule has 190 valence electrons. The van der Waals surface area contributed by atoms with E-state index in [4.69, 9.17) is 4.42 Å². The number of alkyl halides is 5. The van der Waals surface area contributed by atoms with E-state index in [-0.39, 0.29) is 29.3 Å². The van der Waals surface area contributed by atoms with Gasteiger partial charge in [0.1, 0.15) is 17.4 Å². The predicted molar refractivity (Wildman–Crippen MR) is 112 cm³/mol. The Balaban J connectivity index is 1.39. The largest absolute Gasteiger partial charge is 0.433 e. The standard InChI is InChI=1S/C21H14F5N9O2/c22-20(23)34-7-5-12(31-34)17-29-30-18(37-17)19(36)33-6-4-11-15(28-9-27-11)16(33)13-8-10-2-1-3-14(21(24,25)26)35(10)32-13/h1-3,5,7-9,16,20H,4,6H2,(H,27,28)/t16-/m1/s1. The number of pyridine rings is 1. The molecule has 1 atom stereocenters. The van der Waals surface area contributed by atoms with Crippen LogP contribution >= 0.6 is 0 Å². The molecule has 0 unspecified atom stereocenters. The predicted octanol–water partition coefficient (Wildman–Crippen LogP) is 3.51. The van der Waals surface area contributed by atoms with Crippen molar-refractivity contribution in [2.24, 2.45) is 0 Å². The van der Waals surface area contributed by atoms with Crippen LogP contribution < -0.4 is 0 Å². The fraction of sp³-hybridized carbons (Fsp3) is 0.238. The summed E-state index contributed by atoms with van der Waals surface area (Å²) in [5.74, 6) is -1.44. The van der Waals surface area contributed by atoms with Crippen molar-refractivity contribution in [2.45, 2.75) is 25.2 Å². The number of aromatic amines is 1. The van der Waals surface area contributed by atoms with Crippen molar-refractivity contribution in [3.8, 4) is 11.6 Å². The van der Waals surface area contributed by atoms with E-state index < -0.39 is 36.3 Å². The Morgan fingerprint density at radius 3 is 2.76 bits per heavy atom. The van der Waals surface area contributed by atoms with Crippen LogP contribution in [0.25, 0.3) is 17.1 Å². The fourth-order valence-electron chi connectivity index (χ4n) is 4.27. The molecule has 1 aliphatic heterocycles. The quantitative estimate of drug-likeness (QED) is 0.361. The van der Waals surface area contributed by atoms with Gasteiger partial charge in [-0.15, -0.1) is 10.2 Å². The second-order valence-electron chi connectivity index (χ2n) is 8.10. The van der Waals surface area contributed by atoms with Crippen LogP contribution in [-0.2, 0) is 12.6 Å². The number of carbonyl (C=O) groups is 1. The molecule has 6 heterocycles. The van der Waals surface area contributed by atoms with Gasteiger partial charge in [-0.1, -0.05) is 6.07 Å². The zero-order valence-corrected chi connectivity index (χ0v) is 18.4. The first-order valence-electron chi connectivity index (χ1n) is 10.8. The van der Waals surface area contributed by atoms with Crippen LogP contribution in [0, 0.1) is 0 Å². The van der Waals surface area contributed by atoms with Crippen molar-refractivity contribution < 1.29 is 31.2 Å². The molecule has 0 aliphatic carbocycles. The lowest BCUT2D eigenvalue weighted by molar-refractivity contribution is -0.142. The van der Waals surface area contributed by atoms with Gasteiger partial charge in [-0.2, -0.15) is 32.1 Å². The number of fused-ring (bicyclic) bond motifs is 2. The topological polar surface area (TPSA) is 123 Å². The van der Waals surface area contributed by atoms with Gasteiger partial charge < -0.3 is 14.3 Å². The second kappa shape index (κ2) is 8.21. The number of aromatic nitrogens is 8. The Kier molecular flexibility index (Phi) is 5.06. The molecule has 0 aromatic carbocycles. The maximum atomic E-state index is 13.6. The second-order valence-corrected chi connectivity index (χ2v) is 8.10. The third-order valence-corrected chi connectivity index (χ3v) is 5.90. The van der Waals surface area contributed by atoms with Gasteiger partial charge in [0.05, 0.1) is 23.2 Å². The summed E-state index contributed by atoms with van der Waals surface area (Å²) in [5, 5.41) is 15.3. The van der Waals surface area contributed by atoms with E-state index >= 15 is 0 Å². The molecule has 1 N–H and O–H groups in total. The number of rotatable bonds is 4. The van der Waals surface area contributed by atoms with Crippen molar-refractivity contribution in [3.63, 3.8) is 0 Å². The Hall–Kier alpha value is -4.63. The molecule has 0 saturated carbocycles. The Morgan fingerprint density at radius 2 is 2.00 bits per heavy atom. The highest BCUT2D eigenvalue weighted by atomic mass is 19.4. The number of H-pyrrole nitrogens is 1. The highest BCUT2D eigenvalue weighted by Gasteiger charge is 2.39. The number of carbonyl (C=O) groups excluding carboxylic acids is 1. The van der Waals surface area contributed by atoms with E-state index in [1.54, 1.807) is 0 Å². The lowest BCUT2D eigenvalue weighted by Crippen LogP contribution is -2.41. The van der Waals surface area contributed by atoms with Crippen molar-refractivity contribution in [3.05, 3.63) is 71.5 Å². The van der Waals surface area contributed by atoms with E-state index in [1.807, 2.05) is 0 Å². The van der Waals surface area contributed by atoms with Gasteiger partial charge >= 0.3 is 24.5 Å². The highest BCUT2D eigenvalue weighted by Crippen LogP contribution is 2.36. The molecule has 0 radical (unpaired) electrons. The summed E-state index contributed by atoms with van der Waals surface area (Å²) < 4.78 is 72.9. The molecule has 16 heteroatoms. The minimum absolute atomic E-state index is 0.0586. The van der Waals surface area contributed by atoms with E-state index in [2.05, 4.69) is 30.4 Å². The number of imidazole rings is 1. The van der Waals surface area contributed by atoms with Crippen LogP contribution in [0.15, 0.2) is 47.3 Å². The fourth-order valence-corrected chi connectivity index (χ4v) is 4.27. The first-order valence-corrected chi connectivity index (χ1v) is 10.8. The summed E-state index contributed by atoms with van der Waals surface area (Å²) in [5.41, 5.74) is 0.398. The van der Waals surface area contributed by atoms with Crippen LogP contribution in [0.2, 0.25) is 0 Å². The molecule has 1 aliphatic rings. The highest BCUT2D eigenvalue weighted by molar-refractivity contribution is 5.90. The molecule has 37 heavy (non-hydrogen) atoms. The smallest absolute Gasteiger partial charge is 0.411 e. The molecular formula is C21H14F5N9O2. The van der Waals surface area contributed by atoms with E-state index in [0.717, 1.165) is 16.8 Å². The first kappa shape index (κ1) is 22.8. The summed E-state index contributed by atoms with van der Waals surface area (Å²) in [4.78, 5) is 22.0. The van der Waals surface area contributed by atoms with Gasteiger partial charge in [-0.3, -0.25) is 4.79 Å². The average Bonchev–Trinajstić information content (AvgIpc) is 3.66. The number of nitrogens with zero attached hydrogens (tertiary/aromatic N) is 8. The van der Waals surface area contributed by atoms with Gasteiger partial charge in [0.25, 0.3) is 5.89 Å². The molecule has 1 amide bonds. The van der Waals surface area contributed by atoms with Gasteiger partial charge in [-0.25, -0.2) is 14.2 Å². The van der Waals surface area contributed by atoms with E-state index in [1.165, 1.54) is 35.5 Å². The van der Waals surface area contributed by atoms with E-state index in [0.29, 0.717) is 22.5 Å². The monoisotopic (exact) mass is 519 g/mol. The van der Waals surface area contributed by atoms with Gasteiger partial charge in [0.2, 0.25) is 0 Å². The van der Waals surface area contributed by atoms with Crippen LogP contribution in [0.3, 0.4) is 0 Å². The number of halogens is 5. The Morgan fingerprint density at radius 1 is 1.16 bits per heavy atom. The average molecular weight is 519 g/mol. The summed E-state index contributed by atoms with van der Waals surface area (Å²) in [7, 11) is 0. The van der Waals surface area contributed by atoms with Crippen LogP contribution in [0.5, 0.6) is 0 Å². The lowest BCUT2D eigenvalue weighted by Gasteiger charge is -2.32. The molecule has 5 aromatic rings. The van der Waals surface area contributed by atoms with Crippen LogP contribution in [0.4, 0.5) is 22.0 Å².